The lowest BCUT2D eigenvalue weighted by atomic mass is 10.0. The lowest BCUT2D eigenvalue weighted by Crippen LogP contribution is -1.85. The average Bonchev–Trinajstić information content (AvgIpc) is 2.78. The second-order valence-corrected chi connectivity index (χ2v) is 6.48. The van der Waals surface area contributed by atoms with Gasteiger partial charge in [0.25, 0.3) is 0 Å². The Morgan fingerprint density at radius 3 is 2.35 bits per heavy atom. The summed E-state index contributed by atoms with van der Waals surface area (Å²) in [6.07, 6.45) is 0. The van der Waals surface area contributed by atoms with Gasteiger partial charge >= 0.3 is 0 Å². The molecule has 0 aliphatic heterocycles. The van der Waals surface area contributed by atoms with Crippen molar-refractivity contribution >= 4 is 45.5 Å². The molecule has 118 valence electrons. The van der Waals surface area contributed by atoms with Gasteiger partial charge in [0.15, 0.2) is 5.69 Å². The first-order valence-corrected chi connectivity index (χ1v) is 7.92. The molecule has 3 aromatic rings. The summed E-state index contributed by atoms with van der Waals surface area (Å²) in [4.78, 5) is 2.90. The Balaban J connectivity index is 2.06. The summed E-state index contributed by atoms with van der Waals surface area (Å²) in [6.45, 7) is 4.23. The number of H-pyrrole nitrogens is 1. The van der Waals surface area contributed by atoms with Gasteiger partial charge in [0, 0.05) is 15.4 Å². The molecule has 0 spiro atoms. The Morgan fingerprint density at radius 2 is 1.70 bits per heavy atom. The molecule has 2 N–H and O–H groups in total. The van der Waals surface area contributed by atoms with Crippen molar-refractivity contribution in [1.29, 1.82) is 0 Å². The highest BCUT2D eigenvalue weighted by molar-refractivity contribution is 6.35. The van der Waals surface area contributed by atoms with Crippen LogP contribution in [-0.4, -0.2) is 10.1 Å². The molecular weight excluding hydrogens is 333 g/mol. The van der Waals surface area contributed by atoms with Crippen molar-refractivity contribution in [2.75, 3.05) is 0 Å². The summed E-state index contributed by atoms with van der Waals surface area (Å²) in [5.74, 6) is 0.366. The summed E-state index contributed by atoms with van der Waals surface area (Å²) in [6, 6.07) is 10.9. The van der Waals surface area contributed by atoms with Crippen LogP contribution in [0.4, 0.5) is 11.4 Å². The summed E-state index contributed by atoms with van der Waals surface area (Å²) in [5.41, 5.74) is 2.90. The molecule has 0 fully saturated rings. The Kier molecular flexibility index (Phi) is 4.28. The van der Waals surface area contributed by atoms with Gasteiger partial charge in [-0.3, -0.25) is 0 Å². The van der Waals surface area contributed by atoms with E-state index in [9.17, 15) is 5.11 Å². The van der Waals surface area contributed by atoms with Crippen molar-refractivity contribution in [1.82, 2.24) is 4.98 Å². The highest BCUT2D eigenvalue weighted by Gasteiger charge is 2.12. The average molecular weight is 348 g/mol. The maximum atomic E-state index is 10.1. The Labute approximate surface area is 143 Å². The van der Waals surface area contributed by atoms with Crippen LogP contribution in [0.15, 0.2) is 46.6 Å². The van der Waals surface area contributed by atoms with E-state index in [0.717, 1.165) is 10.9 Å². The molecule has 0 radical (unpaired) electrons. The molecule has 0 bridgehead atoms. The molecule has 0 aliphatic rings. The molecule has 0 amide bonds. The number of benzene rings is 2. The first-order valence-electron chi connectivity index (χ1n) is 7.16. The predicted molar refractivity (Wildman–Crippen MR) is 94.7 cm³/mol. The number of halogens is 2. The largest absolute Gasteiger partial charge is 0.493 e. The summed E-state index contributed by atoms with van der Waals surface area (Å²) < 4.78 is 0. The van der Waals surface area contributed by atoms with E-state index < -0.39 is 0 Å². The Hall–Kier alpha value is -2.04. The molecule has 2 aromatic carbocycles. The van der Waals surface area contributed by atoms with Gasteiger partial charge in [-0.1, -0.05) is 43.1 Å². The van der Waals surface area contributed by atoms with Crippen LogP contribution < -0.4 is 0 Å². The Morgan fingerprint density at radius 1 is 1.00 bits per heavy atom. The molecule has 0 atom stereocenters. The second kappa shape index (κ2) is 6.22. The fraction of sp³-hybridized carbons (Fsp3) is 0.176. The fourth-order valence-electron chi connectivity index (χ4n) is 2.35. The third kappa shape index (κ3) is 3.33. The minimum Gasteiger partial charge on any atom is -0.493 e. The monoisotopic (exact) mass is 347 g/mol. The van der Waals surface area contributed by atoms with Crippen LogP contribution in [0.1, 0.15) is 25.3 Å². The van der Waals surface area contributed by atoms with E-state index in [4.69, 9.17) is 23.2 Å². The number of aromatic nitrogens is 1. The maximum Gasteiger partial charge on any atom is 0.218 e. The summed E-state index contributed by atoms with van der Waals surface area (Å²) in [5, 5.41) is 20.2. The van der Waals surface area contributed by atoms with E-state index in [0.29, 0.717) is 27.3 Å². The molecule has 0 aliphatic carbocycles. The zero-order chi connectivity index (χ0) is 16.6. The van der Waals surface area contributed by atoms with Crippen molar-refractivity contribution in [3.05, 3.63) is 52.0 Å². The van der Waals surface area contributed by atoms with Gasteiger partial charge < -0.3 is 10.1 Å². The number of rotatable bonds is 3. The van der Waals surface area contributed by atoms with E-state index in [1.807, 2.05) is 18.2 Å². The fourth-order valence-corrected chi connectivity index (χ4v) is 2.86. The van der Waals surface area contributed by atoms with Gasteiger partial charge in [0.05, 0.1) is 11.2 Å². The van der Waals surface area contributed by atoms with Crippen LogP contribution in [0.25, 0.3) is 10.9 Å². The summed E-state index contributed by atoms with van der Waals surface area (Å²) in [7, 11) is 0. The van der Waals surface area contributed by atoms with E-state index in [2.05, 4.69) is 29.1 Å². The molecule has 1 heterocycles. The van der Waals surface area contributed by atoms with Crippen LogP contribution in [0, 0.1) is 0 Å². The molecule has 0 saturated carbocycles. The number of aromatic amines is 1. The third-order valence-corrected chi connectivity index (χ3v) is 3.99. The van der Waals surface area contributed by atoms with Crippen molar-refractivity contribution in [2.24, 2.45) is 10.2 Å². The van der Waals surface area contributed by atoms with Gasteiger partial charge in [-0.2, -0.15) is 5.11 Å². The molecule has 4 nitrogen and oxygen atoms in total. The van der Waals surface area contributed by atoms with Crippen molar-refractivity contribution in [3.8, 4) is 5.88 Å². The Bertz CT molecular complexity index is 880. The van der Waals surface area contributed by atoms with Gasteiger partial charge in [0.2, 0.25) is 5.88 Å². The van der Waals surface area contributed by atoms with Crippen LogP contribution in [0.3, 0.4) is 0 Å². The number of fused-ring (bicyclic) bond motifs is 1. The standard InChI is InChI=1S/C17H15Cl2N3O/c1-9(2)10-3-4-15-14(5-10)16(17(23)20-15)22-21-13-7-11(18)6-12(19)8-13/h3-9,20,23H,1-2H3. The molecule has 1 aromatic heterocycles. The number of aromatic hydroxyl groups is 1. The topological polar surface area (TPSA) is 60.7 Å². The maximum absolute atomic E-state index is 10.1. The number of nitrogens with one attached hydrogen (secondary N) is 1. The minimum atomic E-state index is -0.0159. The van der Waals surface area contributed by atoms with E-state index >= 15 is 0 Å². The number of hydrogen-bond acceptors (Lipinski definition) is 3. The van der Waals surface area contributed by atoms with Gasteiger partial charge in [-0.15, -0.1) is 5.11 Å². The van der Waals surface area contributed by atoms with Crippen molar-refractivity contribution in [3.63, 3.8) is 0 Å². The van der Waals surface area contributed by atoms with E-state index in [1.165, 1.54) is 5.56 Å². The lowest BCUT2D eigenvalue weighted by Gasteiger charge is -2.04. The van der Waals surface area contributed by atoms with Crippen LogP contribution in [-0.2, 0) is 0 Å². The molecule has 6 heteroatoms. The SMILES string of the molecule is CC(C)c1ccc2[nH]c(O)c(N=Nc3cc(Cl)cc(Cl)c3)c2c1. The first kappa shape index (κ1) is 15.8. The number of nitrogens with zero attached hydrogens (tertiary/aromatic N) is 2. The minimum absolute atomic E-state index is 0.0159. The molecule has 0 saturated heterocycles. The lowest BCUT2D eigenvalue weighted by molar-refractivity contribution is 0.459. The highest BCUT2D eigenvalue weighted by Crippen LogP contribution is 2.38. The zero-order valence-corrected chi connectivity index (χ0v) is 14.2. The van der Waals surface area contributed by atoms with Crippen LogP contribution >= 0.6 is 23.2 Å². The van der Waals surface area contributed by atoms with Gasteiger partial charge in [-0.05, 0) is 41.8 Å². The third-order valence-electron chi connectivity index (χ3n) is 3.56. The van der Waals surface area contributed by atoms with E-state index in [-0.39, 0.29) is 5.88 Å². The predicted octanol–water partition coefficient (Wildman–Crippen LogP) is 6.72. The van der Waals surface area contributed by atoms with Crippen molar-refractivity contribution in [2.45, 2.75) is 19.8 Å². The van der Waals surface area contributed by atoms with Gasteiger partial charge in [-0.25, -0.2) is 0 Å². The zero-order valence-electron chi connectivity index (χ0n) is 12.6. The molecule has 0 unspecified atom stereocenters. The first-order chi connectivity index (χ1) is 10.9. The highest BCUT2D eigenvalue weighted by atomic mass is 35.5. The smallest absolute Gasteiger partial charge is 0.218 e. The van der Waals surface area contributed by atoms with Gasteiger partial charge in [0.1, 0.15) is 0 Å². The molecule has 3 rings (SSSR count). The summed E-state index contributed by atoms with van der Waals surface area (Å²) >= 11 is 11.9. The van der Waals surface area contributed by atoms with Crippen LogP contribution in [0.5, 0.6) is 5.88 Å². The molecular formula is C17H15Cl2N3O. The van der Waals surface area contributed by atoms with E-state index in [1.54, 1.807) is 18.2 Å². The van der Waals surface area contributed by atoms with Crippen LogP contribution in [0.2, 0.25) is 10.0 Å². The normalized spacial score (nSPS) is 11.9. The van der Waals surface area contributed by atoms with Crippen molar-refractivity contribution < 1.29 is 5.11 Å². The number of azo groups is 1. The number of hydrogen-bond donors (Lipinski definition) is 2. The quantitative estimate of drug-likeness (QED) is 0.507. The molecule has 23 heavy (non-hydrogen) atoms. The second-order valence-electron chi connectivity index (χ2n) is 5.61.